The van der Waals surface area contributed by atoms with Crippen molar-refractivity contribution in [1.29, 1.82) is 0 Å². The lowest BCUT2D eigenvalue weighted by Crippen LogP contribution is -2.31. The van der Waals surface area contributed by atoms with E-state index in [4.69, 9.17) is 0 Å². The molecule has 1 aliphatic heterocycles. The Bertz CT molecular complexity index is 1700. The Balaban J connectivity index is 1.21. The fourth-order valence-electron chi connectivity index (χ4n) is 4.57. The predicted octanol–water partition coefficient (Wildman–Crippen LogP) is 6.83. The van der Waals surface area contributed by atoms with Crippen LogP contribution in [0.15, 0.2) is 90.4 Å². The molecule has 0 radical (unpaired) electrons. The van der Waals surface area contributed by atoms with Gasteiger partial charge in [0, 0.05) is 12.1 Å². The number of rotatable bonds is 10. The average Bonchev–Trinajstić information content (AvgIpc) is 3.60. The highest BCUT2D eigenvalue weighted by Gasteiger charge is 2.32. The van der Waals surface area contributed by atoms with Crippen molar-refractivity contribution in [3.63, 3.8) is 0 Å². The van der Waals surface area contributed by atoms with Gasteiger partial charge in [-0.05, 0) is 72.0 Å². The number of amides is 1. The fourth-order valence-corrected chi connectivity index (χ4v) is 5.45. The van der Waals surface area contributed by atoms with E-state index >= 15 is 0 Å². The van der Waals surface area contributed by atoms with E-state index in [0.29, 0.717) is 41.2 Å². The summed E-state index contributed by atoms with van der Waals surface area (Å²) in [5.74, 6) is 0.278. The molecule has 44 heavy (non-hydrogen) atoms. The number of thioether (sulfide) groups is 1. The maximum absolute atomic E-state index is 13.9. The van der Waals surface area contributed by atoms with Crippen molar-refractivity contribution in [3.05, 3.63) is 102 Å². The molecule has 5 rings (SSSR count). The van der Waals surface area contributed by atoms with Gasteiger partial charge in [0.25, 0.3) is 0 Å². The van der Waals surface area contributed by atoms with Crippen molar-refractivity contribution in [1.82, 2.24) is 20.1 Å². The van der Waals surface area contributed by atoms with Gasteiger partial charge in [0.1, 0.15) is 23.7 Å². The summed E-state index contributed by atoms with van der Waals surface area (Å²) in [5, 5.41) is 8.13. The minimum atomic E-state index is -4.76. The number of nitrogens with one attached hydrogen (secondary N) is 1. The van der Waals surface area contributed by atoms with Crippen molar-refractivity contribution >= 4 is 28.5 Å². The lowest BCUT2D eigenvalue weighted by atomic mass is 10.0. The number of alkyl halides is 3. The van der Waals surface area contributed by atoms with Crippen LogP contribution in [-0.2, 0) is 11.2 Å². The summed E-state index contributed by atoms with van der Waals surface area (Å²) >= 11 is 1.30. The van der Waals surface area contributed by atoms with Gasteiger partial charge in [-0.1, -0.05) is 50.4 Å². The van der Waals surface area contributed by atoms with Gasteiger partial charge in [0.05, 0.1) is 17.1 Å². The van der Waals surface area contributed by atoms with E-state index in [2.05, 4.69) is 31.7 Å². The Morgan fingerprint density at radius 3 is 2.64 bits per heavy atom. The highest BCUT2D eigenvalue weighted by molar-refractivity contribution is 8.15. The van der Waals surface area contributed by atoms with Crippen LogP contribution >= 0.6 is 11.8 Å². The number of amidine groups is 1. The number of carbonyl (C=O) groups excluding carboxylic acids is 1. The largest absolute Gasteiger partial charge is 0.573 e. The van der Waals surface area contributed by atoms with Crippen LogP contribution in [0.1, 0.15) is 30.9 Å². The SMILES string of the molecule is C=C(/N=C1\SCC(=O)N1c1ccc(F)cc1C(C)C)NCCc1cccc(-c2ncn(-c3ccc(OC(F)(F)F)cc3)n2)c1. The van der Waals surface area contributed by atoms with Gasteiger partial charge in [-0.25, -0.2) is 19.0 Å². The van der Waals surface area contributed by atoms with Crippen molar-refractivity contribution in [2.45, 2.75) is 32.5 Å². The zero-order valence-electron chi connectivity index (χ0n) is 23.8. The number of anilines is 1. The summed E-state index contributed by atoms with van der Waals surface area (Å²) in [6, 6.07) is 17.4. The molecule has 0 bridgehead atoms. The van der Waals surface area contributed by atoms with Gasteiger partial charge >= 0.3 is 6.36 Å². The average molecular weight is 625 g/mol. The second-order valence-corrected chi connectivity index (χ2v) is 11.1. The maximum atomic E-state index is 13.9. The molecular weight excluding hydrogens is 596 g/mol. The van der Waals surface area contributed by atoms with E-state index < -0.39 is 6.36 Å². The van der Waals surface area contributed by atoms with Crippen molar-refractivity contribution in [2.75, 3.05) is 17.2 Å². The van der Waals surface area contributed by atoms with E-state index in [0.717, 1.165) is 16.7 Å². The first kappa shape index (κ1) is 30.8. The Hall–Kier alpha value is -4.65. The number of hydrogen-bond donors (Lipinski definition) is 1. The number of hydrogen-bond acceptors (Lipinski definition) is 7. The molecule has 0 unspecified atom stereocenters. The molecule has 2 heterocycles. The van der Waals surface area contributed by atoms with Crippen molar-refractivity contribution < 1.29 is 27.1 Å². The first-order valence-corrected chi connectivity index (χ1v) is 14.6. The van der Waals surface area contributed by atoms with Crippen LogP contribution in [-0.4, -0.2) is 44.5 Å². The molecule has 228 valence electrons. The van der Waals surface area contributed by atoms with Gasteiger partial charge in [0.2, 0.25) is 5.91 Å². The third-order valence-electron chi connectivity index (χ3n) is 6.60. The highest BCUT2D eigenvalue weighted by atomic mass is 32.2. The van der Waals surface area contributed by atoms with Crippen molar-refractivity contribution in [3.8, 4) is 22.8 Å². The number of halogens is 4. The molecule has 1 fully saturated rings. The fraction of sp³-hybridized carbons (Fsp3) is 0.226. The number of carbonyl (C=O) groups is 1. The summed E-state index contributed by atoms with van der Waals surface area (Å²) in [5.41, 5.74) is 3.64. The Labute approximate surface area is 255 Å². The molecule has 8 nitrogen and oxygen atoms in total. The zero-order valence-corrected chi connectivity index (χ0v) is 24.6. The minimum absolute atomic E-state index is 0.00897. The quantitative estimate of drug-likeness (QED) is 0.195. The van der Waals surface area contributed by atoms with E-state index in [9.17, 15) is 22.4 Å². The summed E-state index contributed by atoms with van der Waals surface area (Å²) in [6.07, 6.45) is -2.65. The van der Waals surface area contributed by atoms with Gasteiger partial charge in [-0.2, -0.15) is 0 Å². The molecule has 0 spiro atoms. The van der Waals surface area contributed by atoms with Crippen LogP contribution < -0.4 is 15.0 Å². The second kappa shape index (κ2) is 12.9. The number of aromatic nitrogens is 3. The predicted molar refractivity (Wildman–Crippen MR) is 162 cm³/mol. The number of nitrogens with zero attached hydrogens (tertiary/aromatic N) is 5. The summed E-state index contributed by atoms with van der Waals surface area (Å²) in [7, 11) is 0. The smallest absolute Gasteiger partial charge is 0.406 e. The minimum Gasteiger partial charge on any atom is -0.406 e. The zero-order chi connectivity index (χ0) is 31.4. The molecular formula is C31H28F4N6O2S. The molecule has 1 aliphatic rings. The Morgan fingerprint density at radius 2 is 1.91 bits per heavy atom. The van der Waals surface area contributed by atoms with Gasteiger partial charge in [-0.15, -0.1) is 18.3 Å². The molecule has 13 heteroatoms. The number of benzene rings is 3. The monoisotopic (exact) mass is 624 g/mol. The third kappa shape index (κ3) is 7.46. The molecule has 1 aromatic heterocycles. The molecule has 3 aromatic carbocycles. The van der Waals surface area contributed by atoms with Crippen LogP contribution in [0.25, 0.3) is 17.1 Å². The summed E-state index contributed by atoms with van der Waals surface area (Å²) in [4.78, 5) is 23.2. The molecule has 0 atom stereocenters. The van der Waals surface area contributed by atoms with E-state index in [-0.39, 0.29) is 29.1 Å². The standard InChI is InChI=1S/C31H28F4N6O2S/c1-19(2)26-16-23(32)7-12-27(26)41-28(42)17-44-30(41)38-20(3)36-14-13-21-5-4-6-22(15-21)29-37-18-40(39-29)24-8-10-25(11-9-24)43-31(33,34)35/h4-12,15-16,18-19,36H,3,13-14,17H2,1-2H3/b38-30-. The van der Waals surface area contributed by atoms with E-state index in [1.165, 1.54) is 64.1 Å². The number of aliphatic imine (C=N–C) groups is 1. The summed E-state index contributed by atoms with van der Waals surface area (Å²) < 4.78 is 56.6. The molecule has 0 aliphatic carbocycles. The molecule has 1 saturated heterocycles. The second-order valence-electron chi connectivity index (χ2n) is 10.1. The van der Waals surface area contributed by atoms with Crippen LogP contribution in [0.3, 0.4) is 0 Å². The first-order valence-electron chi connectivity index (χ1n) is 13.6. The Morgan fingerprint density at radius 1 is 1.14 bits per heavy atom. The van der Waals surface area contributed by atoms with E-state index in [1.807, 2.05) is 38.1 Å². The normalized spacial score (nSPS) is 14.5. The van der Waals surface area contributed by atoms with E-state index in [1.54, 1.807) is 6.07 Å². The third-order valence-corrected chi connectivity index (χ3v) is 7.53. The molecule has 4 aromatic rings. The molecule has 0 saturated carbocycles. The molecule has 1 amide bonds. The van der Waals surface area contributed by atoms with Gasteiger partial charge in [0.15, 0.2) is 11.0 Å². The van der Waals surface area contributed by atoms with Crippen molar-refractivity contribution in [2.24, 2.45) is 4.99 Å². The first-order chi connectivity index (χ1) is 21.0. The Kier molecular flexibility index (Phi) is 9.04. The van der Waals surface area contributed by atoms with Crippen LogP contribution in [0.2, 0.25) is 0 Å². The molecule has 1 N–H and O–H groups in total. The van der Waals surface area contributed by atoms with Gasteiger partial charge in [-0.3, -0.25) is 9.69 Å². The highest BCUT2D eigenvalue weighted by Crippen LogP contribution is 2.34. The maximum Gasteiger partial charge on any atom is 0.573 e. The number of ether oxygens (including phenoxy) is 1. The van der Waals surface area contributed by atoms with Crippen LogP contribution in [0, 0.1) is 5.82 Å². The topological polar surface area (TPSA) is 84.6 Å². The van der Waals surface area contributed by atoms with Gasteiger partial charge < -0.3 is 10.1 Å². The van der Waals surface area contributed by atoms with Crippen LogP contribution in [0.5, 0.6) is 5.75 Å². The van der Waals surface area contributed by atoms with Crippen LogP contribution in [0.4, 0.5) is 23.2 Å². The summed E-state index contributed by atoms with van der Waals surface area (Å²) in [6.45, 7) is 8.40. The lowest BCUT2D eigenvalue weighted by Gasteiger charge is -2.22. The lowest BCUT2D eigenvalue weighted by molar-refractivity contribution is -0.274.